The van der Waals surface area contributed by atoms with E-state index in [0.717, 1.165) is 5.56 Å². The Hall–Kier alpha value is -2.10. The average molecular weight is 446 g/mol. The maximum Gasteiger partial charge on any atom is 0.284 e. The van der Waals surface area contributed by atoms with Crippen LogP contribution in [-0.4, -0.2) is 18.9 Å². The number of hydrogen-bond donors (Lipinski definition) is 3. The largest absolute Gasteiger partial charge is 0.454 e. The predicted octanol–water partition coefficient (Wildman–Crippen LogP) is 2.31. The molecular formula is C16H20FIN4O2. The molecular weight excluding hydrogens is 426 g/mol. The first kappa shape index (κ1) is 19.9. The number of furan rings is 1. The normalized spacial score (nSPS) is 10.9. The van der Waals surface area contributed by atoms with Crippen molar-refractivity contribution in [1.82, 2.24) is 10.6 Å². The molecule has 0 saturated heterocycles. The average Bonchev–Trinajstić information content (AvgIpc) is 3.00. The van der Waals surface area contributed by atoms with Crippen LogP contribution in [0.15, 0.2) is 39.7 Å². The number of halogens is 2. The number of rotatable bonds is 5. The molecule has 0 aliphatic heterocycles. The first-order valence-electron chi connectivity index (χ1n) is 7.07. The first-order valence-corrected chi connectivity index (χ1v) is 7.07. The van der Waals surface area contributed by atoms with Crippen LogP contribution < -0.4 is 16.4 Å². The number of benzene rings is 1. The van der Waals surface area contributed by atoms with Crippen molar-refractivity contribution in [2.45, 2.75) is 20.0 Å². The standard InChI is InChI=1S/C16H19FN4O2.HI/c1-10-7-11(3-5-13(10)17)8-20-16(19-2)21-9-12-4-6-14(23-12)15(18)22;/h3-7H,8-9H2,1-2H3,(H2,18,22)(H2,19,20,21);1H. The van der Waals surface area contributed by atoms with Gasteiger partial charge in [0.1, 0.15) is 11.6 Å². The first-order chi connectivity index (χ1) is 11.0. The van der Waals surface area contributed by atoms with Crippen LogP contribution in [0, 0.1) is 12.7 Å². The van der Waals surface area contributed by atoms with Gasteiger partial charge in [0.15, 0.2) is 11.7 Å². The highest BCUT2D eigenvalue weighted by Crippen LogP contribution is 2.09. The van der Waals surface area contributed by atoms with Gasteiger partial charge < -0.3 is 20.8 Å². The topological polar surface area (TPSA) is 92.6 Å². The summed E-state index contributed by atoms with van der Waals surface area (Å²) < 4.78 is 18.5. The molecule has 24 heavy (non-hydrogen) atoms. The molecule has 6 nitrogen and oxygen atoms in total. The molecule has 8 heteroatoms. The monoisotopic (exact) mass is 446 g/mol. The van der Waals surface area contributed by atoms with E-state index in [1.165, 1.54) is 12.1 Å². The molecule has 0 unspecified atom stereocenters. The van der Waals surface area contributed by atoms with Crippen molar-refractivity contribution >= 4 is 35.8 Å². The van der Waals surface area contributed by atoms with Gasteiger partial charge in [0.2, 0.25) is 0 Å². The Kier molecular flexibility index (Phi) is 7.69. The van der Waals surface area contributed by atoms with Gasteiger partial charge in [0.25, 0.3) is 5.91 Å². The molecule has 1 aromatic heterocycles. The zero-order valence-corrected chi connectivity index (χ0v) is 15.8. The third-order valence-corrected chi connectivity index (χ3v) is 3.24. The van der Waals surface area contributed by atoms with Crippen LogP contribution in [0.25, 0.3) is 0 Å². The smallest absolute Gasteiger partial charge is 0.284 e. The van der Waals surface area contributed by atoms with E-state index in [9.17, 15) is 9.18 Å². The van der Waals surface area contributed by atoms with Gasteiger partial charge in [-0.2, -0.15) is 0 Å². The summed E-state index contributed by atoms with van der Waals surface area (Å²) in [5, 5.41) is 6.17. The Morgan fingerprint density at radius 1 is 1.25 bits per heavy atom. The molecule has 1 aromatic carbocycles. The minimum absolute atomic E-state index is 0. The number of guanidine groups is 1. The molecule has 0 radical (unpaired) electrons. The second kappa shape index (κ2) is 9.26. The molecule has 0 spiro atoms. The molecule has 0 atom stereocenters. The number of nitrogens with zero attached hydrogens (tertiary/aromatic N) is 1. The number of nitrogens with two attached hydrogens (primary N) is 1. The Balaban J connectivity index is 0.00000288. The fourth-order valence-electron chi connectivity index (χ4n) is 2.00. The molecule has 1 heterocycles. The minimum Gasteiger partial charge on any atom is -0.454 e. The van der Waals surface area contributed by atoms with Gasteiger partial charge in [-0.05, 0) is 36.2 Å². The van der Waals surface area contributed by atoms with Gasteiger partial charge in [0.05, 0.1) is 6.54 Å². The number of amides is 1. The number of aryl methyl sites for hydroxylation is 1. The summed E-state index contributed by atoms with van der Waals surface area (Å²) in [6.45, 7) is 2.58. The van der Waals surface area contributed by atoms with Crippen LogP contribution in [0.5, 0.6) is 0 Å². The van der Waals surface area contributed by atoms with Crippen LogP contribution in [0.3, 0.4) is 0 Å². The molecule has 0 bridgehead atoms. The van der Waals surface area contributed by atoms with E-state index in [2.05, 4.69) is 15.6 Å². The van der Waals surface area contributed by atoms with Gasteiger partial charge in [0, 0.05) is 13.6 Å². The number of carbonyl (C=O) groups is 1. The van der Waals surface area contributed by atoms with Crippen LogP contribution >= 0.6 is 24.0 Å². The van der Waals surface area contributed by atoms with Crippen LogP contribution in [0.2, 0.25) is 0 Å². The van der Waals surface area contributed by atoms with E-state index in [4.69, 9.17) is 10.2 Å². The summed E-state index contributed by atoms with van der Waals surface area (Å²) in [6, 6.07) is 8.13. The lowest BCUT2D eigenvalue weighted by molar-refractivity contribution is 0.0972. The van der Waals surface area contributed by atoms with Crippen molar-refractivity contribution in [3.05, 3.63) is 58.8 Å². The number of hydrogen-bond acceptors (Lipinski definition) is 3. The van der Waals surface area contributed by atoms with Gasteiger partial charge in [-0.3, -0.25) is 9.79 Å². The zero-order valence-electron chi connectivity index (χ0n) is 13.4. The Morgan fingerprint density at radius 3 is 2.54 bits per heavy atom. The summed E-state index contributed by atoms with van der Waals surface area (Å²) >= 11 is 0. The molecule has 4 N–H and O–H groups in total. The molecule has 1 amide bonds. The molecule has 0 fully saturated rings. The van der Waals surface area contributed by atoms with Crippen molar-refractivity contribution in [3.8, 4) is 0 Å². The lowest BCUT2D eigenvalue weighted by Crippen LogP contribution is -2.36. The predicted molar refractivity (Wildman–Crippen MR) is 101 cm³/mol. The van der Waals surface area contributed by atoms with E-state index in [-0.39, 0.29) is 35.6 Å². The van der Waals surface area contributed by atoms with Crippen molar-refractivity contribution in [2.75, 3.05) is 7.05 Å². The maximum atomic E-state index is 13.2. The molecule has 0 aliphatic rings. The van der Waals surface area contributed by atoms with Gasteiger partial charge in [-0.25, -0.2) is 4.39 Å². The summed E-state index contributed by atoms with van der Waals surface area (Å²) in [7, 11) is 1.64. The van der Waals surface area contributed by atoms with E-state index in [0.29, 0.717) is 30.4 Å². The Bertz CT molecular complexity index is 731. The highest BCUT2D eigenvalue weighted by Gasteiger charge is 2.07. The fourth-order valence-corrected chi connectivity index (χ4v) is 2.00. The van der Waals surface area contributed by atoms with Crippen LogP contribution in [0.1, 0.15) is 27.4 Å². The highest BCUT2D eigenvalue weighted by atomic mass is 127. The number of aliphatic imine (C=N–C) groups is 1. The fraction of sp³-hybridized carbons (Fsp3) is 0.250. The molecule has 0 saturated carbocycles. The number of primary amides is 1. The SMILES string of the molecule is CN=C(NCc1ccc(F)c(C)c1)NCc1ccc(C(N)=O)o1.I. The van der Waals surface area contributed by atoms with Crippen molar-refractivity contribution in [2.24, 2.45) is 10.7 Å². The van der Waals surface area contributed by atoms with Crippen LogP contribution in [-0.2, 0) is 13.1 Å². The van der Waals surface area contributed by atoms with E-state index in [1.54, 1.807) is 32.2 Å². The highest BCUT2D eigenvalue weighted by molar-refractivity contribution is 14.0. The quantitative estimate of drug-likeness (QED) is 0.374. The summed E-state index contributed by atoms with van der Waals surface area (Å²) in [5.74, 6) is 0.416. The molecule has 0 aliphatic carbocycles. The lowest BCUT2D eigenvalue weighted by atomic mass is 10.1. The van der Waals surface area contributed by atoms with Crippen molar-refractivity contribution in [3.63, 3.8) is 0 Å². The van der Waals surface area contributed by atoms with E-state index >= 15 is 0 Å². The zero-order chi connectivity index (χ0) is 16.8. The van der Waals surface area contributed by atoms with Gasteiger partial charge in [-0.15, -0.1) is 24.0 Å². The van der Waals surface area contributed by atoms with Crippen molar-refractivity contribution in [1.29, 1.82) is 0 Å². The number of carbonyl (C=O) groups excluding carboxylic acids is 1. The lowest BCUT2D eigenvalue weighted by Gasteiger charge is -2.11. The minimum atomic E-state index is -0.606. The maximum absolute atomic E-state index is 13.2. The van der Waals surface area contributed by atoms with Crippen LogP contribution in [0.4, 0.5) is 4.39 Å². The Morgan fingerprint density at radius 2 is 1.96 bits per heavy atom. The van der Waals surface area contributed by atoms with E-state index in [1.807, 2.05) is 0 Å². The van der Waals surface area contributed by atoms with Gasteiger partial charge in [-0.1, -0.05) is 12.1 Å². The second-order valence-electron chi connectivity index (χ2n) is 4.99. The summed E-state index contributed by atoms with van der Waals surface area (Å²) in [4.78, 5) is 15.1. The summed E-state index contributed by atoms with van der Waals surface area (Å²) in [5.41, 5.74) is 6.67. The Labute approximate surface area is 156 Å². The molecule has 130 valence electrons. The number of nitrogens with one attached hydrogen (secondary N) is 2. The summed E-state index contributed by atoms with van der Waals surface area (Å²) in [6.07, 6.45) is 0. The second-order valence-corrected chi connectivity index (χ2v) is 4.99. The van der Waals surface area contributed by atoms with E-state index < -0.39 is 5.91 Å². The third kappa shape index (κ3) is 5.52. The molecule has 2 rings (SSSR count). The van der Waals surface area contributed by atoms with Gasteiger partial charge >= 0.3 is 0 Å². The molecule has 2 aromatic rings. The van der Waals surface area contributed by atoms with Crippen molar-refractivity contribution < 1.29 is 13.6 Å². The third-order valence-electron chi connectivity index (χ3n) is 3.24.